The predicted octanol–water partition coefficient (Wildman–Crippen LogP) is 3.46. The molecule has 2 rings (SSSR count). The average Bonchev–Trinajstić information content (AvgIpc) is 2.70. The smallest absolute Gasteiger partial charge is 0.0946 e. The number of halogens is 2. The summed E-state index contributed by atoms with van der Waals surface area (Å²) in [5.74, 6) is 0. The van der Waals surface area contributed by atoms with Crippen LogP contribution < -0.4 is 5.32 Å². The number of hydrogen-bond donors (Lipinski definition) is 1. The highest BCUT2D eigenvalue weighted by Gasteiger charge is 2.05. The third-order valence-electron chi connectivity index (χ3n) is 1.81. The average molecular weight is 260 g/mol. The van der Waals surface area contributed by atoms with E-state index < -0.39 is 0 Å². The van der Waals surface area contributed by atoms with E-state index in [1.165, 1.54) is 11.5 Å². The predicted molar refractivity (Wildman–Crippen MR) is 63.7 cm³/mol. The van der Waals surface area contributed by atoms with Crippen molar-refractivity contribution in [1.29, 1.82) is 0 Å². The zero-order valence-electron chi connectivity index (χ0n) is 7.58. The Morgan fingerprint density at radius 2 is 2.00 bits per heavy atom. The summed E-state index contributed by atoms with van der Waals surface area (Å²) in [6, 6.07) is 5.38. The molecule has 0 saturated carbocycles. The van der Waals surface area contributed by atoms with Crippen LogP contribution in [0.3, 0.4) is 0 Å². The van der Waals surface area contributed by atoms with Gasteiger partial charge in [-0.3, -0.25) is 0 Å². The van der Waals surface area contributed by atoms with Gasteiger partial charge in [-0.1, -0.05) is 33.8 Å². The van der Waals surface area contributed by atoms with E-state index in [-0.39, 0.29) is 0 Å². The number of hydrogen-bond acceptors (Lipinski definition) is 4. The fourth-order valence-electron chi connectivity index (χ4n) is 1.11. The molecule has 3 nitrogen and oxygen atoms in total. The van der Waals surface area contributed by atoms with Crippen molar-refractivity contribution >= 4 is 40.4 Å². The number of para-hydroxylation sites is 1. The van der Waals surface area contributed by atoms with Gasteiger partial charge in [-0.25, -0.2) is 0 Å². The first-order valence-electron chi connectivity index (χ1n) is 4.21. The summed E-state index contributed by atoms with van der Waals surface area (Å²) in [6.07, 6.45) is 0. The molecule has 0 radical (unpaired) electrons. The highest BCUT2D eigenvalue weighted by Crippen LogP contribution is 2.29. The minimum atomic E-state index is 0.569. The van der Waals surface area contributed by atoms with Gasteiger partial charge in [0, 0.05) is 5.38 Å². The van der Waals surface area contributed by atoms with Crippen LogP contribution in [0, 0.1) is 0 Å². The van der Waals surface area contributed by atoms with Gasteiger partial charge in [0.1, 0.15) is 0 Å². The van der Waals surface area contributed by atoms with Gasteiger partial charge < -0.3 is 5.32 Å². The van der Waals surface area contributed by atoms with E-state index in [0.717, 1.165) is 11.4 Å². The first-order chi connectivity index (χ1) is 7.27. The summed E-state index contributed by atoms with van der Waals surface area (Å²) in [5, 5.41) is 10.1. The van der Waals surface area contributed by atoms with Crippen LogP contribution in [0.15, 0.2) is 23.6 Å². The van der Waals surface area contributed by atoms with Crippen molar-refractivity contribution in [3.05, 3.63) is 39.3 Å². The van der Waals surface area contributed by atoms with Crippen LogP contribution >= 0.6 is 34.7 Å². The molecule has 6 heteroatoms. The minimum Gasteiger partial charge on any atom is -0.377 e. The highest BCUT2D eigenvalue weighted by atomic mass is 35.5. The molecule has 0 fully saturated rings. The van der Waals surface area contributed by atoms with Crippen molar-refractivity contribution < 1.29 is 0 Å². The van der Waals surface area contributed by atoms with Crippen LogP contribution in [0.2, 0.25) is 10.0 Å². The van der Waals surface area contributed by atoms with E-state index in [4.69, 9.17) is 23.2 Å². The summed E-state index contributed by atoms with van der Waals surface area (Å²) in [7, 11) is 0. The van der Waals surface area contributed by atoms with Gasteiger partial charge in [-0.05, 0) is 23.7 Å². The molecular weight excluding hydrogens is 253 g/mol. The monoisotopic (exact) mass is 259 g/mol. The second kappa shape index (κ2) is 4.79. The summed E-state index contributed by atoms with van der Waals surface area (Å²) in [4.78, 5) is 0. The van der Waals surface area contributed by atoms with Crippen LogP contribution in [0.5, 0.6) is 0 Å². The first-order valence-corrected chi connectivity index (χ1v) is 5.80. The lowest BCUT2D eigenvalue weighted by atomic mass is 10.3. The van der Waals surface area contributed by atoms with E-state index in [1.54, 1.807) is 18.2 Å². The molecule has 0 aliphatic carbocycles. The normalized spacial score (nSPS) is 10.3. The van der Waals surface area contributed by atoms with Crippen LogP contribution in [-0.4, -0.2) is 9.59 Å². The topological polar surface area (TPSA) is 37.8 Å². The number of rotatable bonds is 3. The van der Waals surface area contributed by atoms with Crippen molar-refractivity contribution in [3.63, 3.8) is 0 Å². The van der Waals surface area contributed by atoms with Gasteiger partial charge in [0.25, 0.3) is 0 Å². The molecular formula is C9H7Cl2N3S. The van der Waals surface area contributed by atoms with Crippen molar-refractivity contribution in [3.8, 4) is 0 Å². The van der Waals surface area contributed by atoms with E-state index in [1.807, 2.05) is 5.38 Å². The van der Waals surface area contributed by atoms with Gasteiger partial charge in [0.15, 0.2) is 0 Å². The molecule has 0 spiro atoms. The Labute approximate surface area is 101 Å². The molecule has 0 amide bonds. The van der Waals surface area contributed by atoms with Crippen molar-refractivity contribution in [2.45, 2.75) is 6.54 Å². The molecule has 0 aliphatic rings. The van der Waals surface area contributed by atoms with Gasteiger partial charge in [-0.15, -0.1) is 5.10 Å². The lowest BCUT2D eigenvalue weighted by Gasteiger charge is -2.08. The lowest BCUT2D eigenvalue weighted by Crippen LogP contribution is -2.00. The number of aromatic nitrogens is 2. The second-order valence-electron chi connectivity index (χ2n) is 2.85. The Bertz CT molecular complexity index is 424. The standard InChI is InChI=1S/C9H7Cl2N3S/c10-7-2-1-3-8(11)9(7)12-4-6-5-15-14-13-6/h1-3,5,12H,4H2. The first kappa shape index (κ1) is 10.7. The maximum atomic E-state index is 5.99. The number of nitrogens with zero attached hydrogens (tertiary/aromatic N) is 2. The van der Waals surface area contributed by atoms with Crippen LogP contribution in [0.25, 0.3) is 0 Å². The van der Waals surface area contributed by atoms with Gasteiger partial charge in [-0.2, -0.15) is 0 Å². The van der Waals surface area contributed by atoms with Crippen molar-refractivity contribution in [1.82, 2.24) is 9.59 Å². The minimum absolute atomic E-state index is 0.569. The molecule has 1 N–H and O–H groups in total. The lowest BCUT2D eigenvalue weighted by molar-refractivity contribution is 0.999. The van der Waals surface area contributed by atoms with Crippen molar-refractivity contribution in [2.24, 2.45) is 0 Å². The molecule has 0 bridgehead atoms. The largest absolute Gasteiger partial charge is 0.377 e. The van der Waals surface area contributed by atoms with Gasteiger partial charge in [0.05, 0.1) is 28.0 Å². The van der Waals surface area contributed by atoms with Crippen LogP contribution in [-0.2, 0) is 6.54 Å². The summed E-state index contributed by atoms with van der Waals surface area (Å²) in [5.41, 5.74) is 1.60. The molecule has 78 valence electrons. The zero-order valence-corrected chi connectivity index (χ0v) is 9.90. The Hall–Kier alpha value is -0.840. The Kier molecular flexibility index (Phi) is 3.41. The SMILES string of the molecule is Clc1cccc(Cl)c1NCc1csnn1. The Morgan fingerprint density at radius 1 is 1.27 bits per heavy atom. The maximum Gasteiger partial charge on any atom is 0.0946 e. The second-order valence-corrected chi connectivity index (χ2v) is 4.27. The highest BCUT2D eigenvalue weighted by molar-refractivity contribution is 7.03. The fraction of sp³-hybridized carbons (Fsp3) is 0.111. The van der Waals surface area contributed by atoms with Crippen molar-refractivity contribution in [2.75, 3.05) is 5.32 Å². The Balaban J connectivity index is 2.11. The summed E-state index contributed by atoms with van der Waals surface area (Å²) < 4.78 is 3.77. The fourth-order valence-corrected chi connectivity index (χ4v) is 2.09. The summed E-state index contributed by atoms with van der Waals surface area (Å²) >= 11 is 13.3. The van der Waals surface area contributed by atoms with Crippen LogP contribution in [0.4, 0.5) is 5.69 Å². The third kappa shape index (κ3) is 2.59. The molecule has 15 heavy (non-hydrogen) atoms. The number of anilines is 1. The molecule has 0 saturated heterocycles. The van der Waals surface area contributed by atoms with Crippen LogP contribution in [0.1, 0.15) is 5.69 Å². The molecule has 1 aromatic carbocycles. The molecule has 0 unspecified atom stereocenters. The van der Waals surface area contributed by atoms with Gasteiger partial charge >= 0.3 is 0 Å². The van der Waals surface area contributed by atoms with E-state index in [2.05, 4.69) is 14.9 Å². The Morgan fingerprint density at radius 3 is 2.60 bits per heavy atom. The van der Waals surface area contributed by atoms with E-state index in [9.17, 15) is 0 Å². The quantitative estimate of drug-likeness (QED) is 0.918. The number of benzene rings is 1. The third-order valence-corrected chi connectivity index (χ3v) is 3.00. The zero-order chi connectivity index (χ0) is 10.7. The molecule has 2 aromatic rings. The van der Waals surface area contributed by atoms with Gasteiger partial charge in [0.2, 0.25) is 0 Å². The molecule has 1 aromatic heterocycles. The van der Waals surface area contributed by atoms with E-state index in [0.29, 0.717) is 16.6 Å². The molecule has 0 aliphatic heterocycles. The number of nitrogens with one attached hydrogen (secondary N) is 1. The maximum absolute atomic E-state index is 5.99. The molecule has 1 heterocycles. The molecule has 0 atom stereocenters. The summed E-state index contributed by atoms with van der Waals surface area (Å²) in [6.45, 7) is 0.569. The van der Waals surface area contributed by atoms with E-state index >= 15 is 0 Å².